The summed E-state index contributed by atoms with van der Waals surface area (Å²) in [5.74, 6) is 1.56. The Hall–Kier alpha value is -2.27. The molecule has 2 unspecified atom stereocenters. The van der Waals surface area contributed by atoms with Crippen LogP contribution in [0.3, 0.4) is 0 Å². The number of tetrazole rings is 1. The predicted molar refractivity (Wildman–Crippen MR) is 117 cm³/mol. The van der Waals surface area contributed by atoms with Crippen molar-refractivity contribution in [1.82, 2.24) is 25.1 Å². The molecule has 2 aromatic rings. The fourth-order valence-corrected chi connectivity index (χ4v) is 5.08. The second kappa shape index (κ2) is 8.23. The molecule has 154 valence electrons. The van der Waals surface area contributed by atoms with Crippen LogP contribution in [0.1, 0.15) is 68.9 Å². The molecule has 1 fully saturated rings. The Bertz CT molecular complexity index is 905. The first-order valence-electron chi connectivity index (χ1n) is 10.9. The van der Waals surface area contributed by atoms with Gasteiger partial charge >= 0.3 is 0 Å². The Balaban J connectivity index is 1.78. The van der Waals surface area contributed by atoms with Crippen molar-refractivity contribution in [3.63, 3.8) is 0 Å². The number of rotatable bonds is 5. The predicted octanol–water partition coefficient (Wildman–Crippen LogP) is 5.11. The minimum Gasteiger partial charge on any atom is -0.287 e. The molecule has 1 aliphatic heterocycles. The van der Waals surface area contributed by atoms with Crippen LogP contribution in [0, 0.1) is 19.8 Å². The Morgan fingerprint density at radius 2 is 1.97 bits per heavy atom. The lowest BCUT2D eigenvalue weighted by Crippen LogP contribution is -2.35. The van der Waals surface area contributed by atoms with Crippen molar-refractivity contribution >= 4 is 0 Å². The summed E-state index contributed by atoms with van der Waals surface area (Å²) in [4.78, 5) is 2.61. The molecule has 1 aliphatic carbocycles. The maximum Gasteiger partial charge on any atom is 0.178 e. The smallest absolute Gasteiger partial charge is 0.178 e. The van der Waals surface area contributed by atoms with Crippen LogP contribution in [0.2, 0.25) is 0 Å². The highest BCUT2D eigenvalue weighted by molar-refractivity contribution is 5.47. The fraction of sp³-hybridized carbons (Fsp3) is 0.542. The Labute approximate surface area is 174 Å². The molecule has 5 heteroatoms. The van der Waals surface area contributed by atoms with Crippen molar-refractivity contribution in [1.29, 1.82) is 0 Å². The third kappa shape index (κ3) is 3.80. The highest BCUT2D eigenvalue weighted by Crippen LogP contribution is 2.40. The highest BCUT2D eigenvalue weighted by Gasteiger charge is 2.36. The molecule has 3 atom stereocenters. The van der Waals surface area contributed by atoms with Gasteiger partial charge in [0, 0.05) is 6.04 Å². The lowest BCUT2D eigenvalue weighted by molar-refractivity contribution is 0.200. The minimum absolute atomic E-state index is 0.146. The maximum absolute atomic E-state index is 4.59. The van der Waals surface area contributed by atoms with E-state index in [9.17, 15) is 0 Å². The topological polar surface area (TPSA) is 46.8 Å². The van der Waals surface area contributed by atoms with E-state index in [4.69, 9.17) is 0 Å². The molecule has 1 saturated heterocycles. The van der Waals surface area contributed by atoms with E-state index >= 15 is 0 Å². The summed E-state index contributed by atoms with van der Waals surface area (Å²) in [7, 11) is 0. The lowest BCUT2D eigenvalue weighted by atomic mass is 9.82. The van der Waals surface area contributed by atoms with Crippen LogP contribution in [-0.4, -0.2) is 37.7 Å². The van der Waals surface area contributed by atoms with Gasteiger partial charge in [0.1, 0.15) is 0 Å². The molecular weight excluding hydrogens is 358 g/mol. The lowest BCUT2D eigenvalue weighted by Gasteiger charge is -2.35. The number of aromatic nitrogens is 4. The molecule has 0 saturated carbocycles. The van der Waals surface area contributed by atoms with Crippen molar-refractivity contribution in [2.24, 2.45) is 5.92 Å². The van der Waals surface area contributed by atoms with E-state index in [1.807, 2.05) is 4.68 Å². The first kappa shape index (κ1) is 20.0. The average molecular weight is 392 g/mol. The standard InChI is InChI=1S/C24H33N5/c1-16(2)20-11-13-21(14-12-20)23(28-15-7-10-19(28)5)24-25-26-27-29(24)22-17(3)8-6-9-18(22)4/h6,8-9,13,19-20,23H,1,7,10-12,14-15H2,2-5H3/t19?,20-,23?/m1/s1. The average Bonchev–Trinajstić information content (AvgIpc) is 3.33. The van der Waals surface area contributed by atoms with E-state index in [0.29, 0.717) is 12.0 Å². The van der Waals surface area contributed by atoms with Crippen LogP contribution in [0.4, 0.5) is 0 Å². The number of likely N-dealkylation sites (tertiary alicyclic amines) is 1. The first-order chi connectivity index (χ1) is 14.0. The van der Waals surface area contributed by atoms with Crippen LogP contribution >= 0.6 is 0 Å². The zero-order valence-corrected chi connectivity index (χ0v) is 18.2. The summed E-state index contributed by atoms with van der Waals surface area (Å²) >= 11 is 0. The van der Waals surface area contributed by atoms with Gasteiger partial charge in [-0.1, -0.05) is 36.4 Å². The van der Waals surface area contributed by atoms with Crippen molar-refractivity contribution in [2.75, 3.05) is 6.54 Å². The Morgan fingerprint density at radius 1 is 1.21 bits per heavy atom. The Morgan fingerprint density at radius 3 is 2.55 bits per heavy atom. The molecule has 29 heavy (non-hydrogen) atoms. The number of hydrogen-bond acceptors (Lipinski definition) is 4. The molecule has 0 radical (unpaired) electrons. The SMILES string of the molecule is C=C(C)[C@@H]1CC=C(C(c2nnnn2-c2c(C)cccc2C)N2CCCC2C)CC1. The molecule has 5 nitrogen and oxygen atoms in total. The summed E-state index contributed by atoms with van der Waals surface area (Å²) < 4.78 is 1.99. The molecule has 0 bridgehead atoms. The highest BCUT2D eigenvalue weighted by atomic mass is 15.6. The van der Waals surface area contributed by atoms with Gasteiger partial charge in [-0.05, 0) is 99.4 Å². The summed E-state index contributed by atoms with van der Waals surface area (Å²) in [5.41, 5.74) is 6.28. The zero-order valence-electron chi connectivity index (χ0n) is 18.2. The molecule has 2 heterocycles. The minimum atomic E-state index is 0.146. The van der Waals surface area contributed by atoms with Crippen molar-refractivity contribution in [3.8, 4) is 5.69 Å². The van der Waals surface area contributed by atoms with Crippen LogP contribution in [0.25, 0.3) is 5.69 Å². The van der Waals surface area contributed by atoms with Crippen LogP contribution in [0.15, 0.2) is 42.0 Å². The fourth-order valence-electron chi connectivity index (χ4n) is 5.08. The van der Waals surface area contributed by atoms with Crippen molar-refractivity contribution < 1.29 is 0 Å². The normalized spacial score (nSPS) is 23.8. The molecule has 0 spiro atoms. The van der Waals surface area contributed by atoms with Gasteiger partial charge in [-0.3, -0.25) is 4.90 Å². The third-order valence-corrected chi connectivity index (χ3v) is 6.82. The molecule has 1 aromatic carbocycles. The van der Waals surface area contributed by atoms with Crippen LogP contribution < -0.4 is 0 Å². The largest absolute Gasteiger partial charge is 0.287 e. The molecule has 0 N–H and O–H groups in total. The molecule has 0 amide bonds. The van der Waals surface area contributed by atoms with Gasteiger partial charge in [-0.25, -0.2) is 0 Å². The molecule has 2 aliphatic rings. The van der Waals surface area contributed by atoms with Gasteiger partial charge < -0.3 is 0 Å². The summed E-state index contributed by atoms with van der Waals surface area (Å²) in [6.07, 6.45) is 8.26. The van der Waals surface area contributed by atoms with E-state index < -0.39 is 0 Å². The number of para-hydroxylation sites is 1. The zero-order chi connectivity index (χ0) is 20.5. The number of hydrogen-bond donors (Lipinski definition) is 0. The van der Waals surface area contributed by atoms with Crippen LogP contribution in [-0.2, 0) is 0 Å². The second-order valence-electron chi connectivity index (χ2n) is 8.92. The van der Waals surface area contributed by atoms with Gasteiger partial charge in [-0.2, -0.15) is 4.68 Å². The van der Waals surface area contributed by atoms with E-state index in [-0.39, 0.29) is 6.04 Å². The van der Waals surface area contributed by atoms with Gasteiger partial charge in [0.05, 0.1) is 11.7 Å². The second-order valence-corrected chi connectivity index (χ2v) is 8.92. The molecule has 4 rings (SSSR count). The Kier molecular flexibility index (Phi) is 5.68. The summed E-state index contributed by atoms with van der Waals surface area (Å²) in [6.45, 7) is 14.1. The van der Waals surface area contributed by atoms with Gasteiger partial charge in [-0.15, -0.1) is 5.10 Å². The quantitative estimate of drug-likeness (QED) is 0.665. The number of benzene rings is 1. The third-order valence-electron chi connectivity index (χ3n) is 6.82. The van der Waals surface area contributed by atoms with Crippen molar-refractivity contribution in [2.45, 2.75) is 71.9 Å². The van der Waals surface area contributed by atoms with Crippen molar-refractivity contribution in [3.05, 3.63) is 59.0 Å². The molecular formula is C24H33N5. The van der Waals surface area contributed by atoms with Gasteiger partial charge in [0.25, 0.3) is 0 Å². The summed E-state index contributed by atoms with van der Waals surface area (Å²) in [6, 6.07) is 7.06. The van der Waals surface area contributed by atoms with Crippen LogP contribution in [0.5, 0.6) is 0 Å². The molecule has 1 aromatic heterocycles. The summed E-state index contributed by atoms with van der Waals surface area (Å²) in [5, 5.41) is 13.2. The van der Waals surface area contributed by atoms with E-state index in [1.165, 1.54) is 41.5 Å². The number of aryl methyl sites for hydroxylation is 2. The van der Waals surface area contributed by atoms with E-state index in [1.54, 1.807) is 0 Å². The maximum atomic E-state index is 4.59. The van der Waals surface area contributed by atoms with Gasteiger partial charge in [0.15, 0.2) is 5.82 Å². The first-order valence-corrected chi connectivity index (χ1v) is 10.9. The van der Waals surface area contributed by atoms with Gasteiger partial charge in [0.2, 0.25) is 0 Å². The monoisotopic (exact) mass is 391 g/mol. The van der Waals surface area contributed by atoms with E-state index in [0.717, 1.165) is 30.9 Å². The van der Waals surface area contributed by atoms with E-state index in [2.05, 4.69) is 79.0 Å². The number of nitrogens with zero attached hydrogens (tertiary/aromatic N) is 5. The number of allylic oxidation sites excluding steroid dienone is 2.